The number of carbonyl (C=O) groups is 2. The maximum absolute atomic E-state index is 12.4. The summed E-state index contributed by atoms with van der Waals surface area (Å²) < 4.78 is 0. The van der Waals surface area contributed by atoms with Gasteiger partial charge in [0.1, 0.15) is 0 Å². The number of likely N-dealkylation sites (tertiary alicyclic amines) is 1. The summed E-state index contributed by atoms with van der Waals surface area (Å²) in [6.45, 7) is 3.80. The van der Waals surface area contributed by atoms with Crippen molar-refractivity contribution in [1.29, 1.82) is 0 Å². The van der Waals surface area contributed by atoms with Gasteiger partial charge >= 0.3 is 0 Å². The predicted octanol–water partition coefficient (Wildman–Crippen LogP) is 1.48. The van der Waals surface area contributed by atoms with Crippen molar-refractivity contribution in [2.75, 3.05) is 26.2 Å². The van der Waals surface area contributed by atoms with Gasteiger partial charge in [-0.25, -0.2) is 0 Å². The third-order valence-corrected chi connectivity index (χ3v) is 5.46. The molecule has 1 spiro atoms. The smallest absolute Gasteiger partial charge is 0.263 e. The van der Waals surface area contributed by atoms with Crippen molar-refractivity contribution in [3.63, 3.8) is 0 Å². The van der Waals surface area contributed by atoms with Crippen LogP contribution in [0.25, 0.3) is 0 Å². The molecule has 1 aromatic heterocycles. The first kappa shape index (κ1) is 16.3. The molecule has 0 radical (unpaired) electrons. The summed E-state index contributed by atoms with van der Waals surface area (Å²) in [5.74, 6) is -0.446. The average molecular weight is 330 g/mol. The number of nitrogens with zero attached hydrogens (tertiary/aromatic N) is 1. The minimum absolute atomic E-state index is 0. The zero-order valence-electron chi connectivity index (χ0n) is 11.8. The summed E-state index contributed by atoms with van der Waals surface area (Å²) in [5.41, 5.74) is 6.05. The minimum atomic E-state index is -0.477. The van der Waals surface area contributed by atoms with Gasteiger partial charge in [-0.05, 0) is 37.3 Å². The van der Waals surface area contributed by atoms with Gasteiger partial charge in [0, 0.05) is 25.0 Å². The Morgan fingerprint density at radius 3 is 2.52 bits per heavy atom. The van der Waals surface area contributed by atoms with E-state index < -0.39 is 5.91 Å². The quantitative estimate of drug-likeness (QED) is 0.863. The fraction of sp³-hybridized carbons (Fsp3) is 0.571. The van der Waals surface area contributed by atoms with Gasteiger partial charge in [0.05, 0.1) is 10.4 Å². The molecule has 3 heterocycles. The molecule has 2 amide bonds. The van der Waals surface area contributed by atoms with Crippen LogP contribution >= 0.6 is 23.7 Å². The molecule has 0 aromatic carbocycles. The second kappa shape index (κ2) is 6.34. The average Bonchev–Trinajstić information content (AvgIpc) is 3.08. The number of hydrogen-bond donors (Lipinski definition) is 2. The van der Waals surface area contributed by atoms with Gasteiger partial charge in [-0.15, -0.1) is 23.7 Å². The molecule has 2 saturated heterocycles. The van der Waals surface area contributed by atoms with E-state index >= 15 is 0 Å². The van der Waals surface area contributed by atoms with E-state index in [-0.39, 0.29) is 18.3 Å². The molecule has 5 nitrogen and oxygen atoms in total. The van der Waals surface area contributed by atoms with Gasteiger partial charge < -0.3 is 16.0 Å². The number of nitrogens with one attached hydrogen (secondary N) is 1. The minimum Gasteiger partial charge on any atom is -0.366 e. The first-order valence-electron chi connectivity index (χ1n) is 6.98. The van der Waals surface area contributed by atoms with E-state index in [1.807, 2.05) is 4.90 Å². The maximum Gasteiger partial charge on any atom is 0.263 e. The lowest BCUT2D eigenvalue weighted by molar-refractivity contribution is 0.0612. The highest BCUT2D eigenvalue weighted by atomic mass is 35.5. The Kier molecular flexibility index (Phi) is 4.91. The van der Waals surface area contributed by atoms with Crippen LogP contribution in [0.1, 0.15) is 39.3 Å². The molecule has 116 valence electrons. The monoisotopic (exact) mass is 329 g/mol. The van der Waals surface area contributed by atoms with Gasteiger partial charge in [0.15, 0.2) is 0 Å². The first-order chi connectivity index (χ1) is 9.60. The molecule has 21 heavy (non-hydrogen) atoms. The zero-order valence-corrected chi connectivity index (χ0v) is 13.4. The summed E-state index contributed by atoms with van der Waals surface area (Å²) in [4.78, 5) is 26.0. The zero-order chi connectivity index (χ0) is 14.2. The van der Waals surface area contributed by atoms with Crippen LogP contribution in [0.4, 0.5) is 0 Å². The maximum atomic E-state index is 12.4. The Morgan fingerprint density at radius 1 is 1.29 bits per heavy atom. The number of nitrogens with two attached hydrogens (primary N) is 1. The normalized spacial score (nSPS) is 20.3. The van der Waals surface area contributed by atoms with Crippen molar-refractivity contribution >= 4 is 35.6 Å². The Morgan fingerprint density at radius 2 is 2.00 bits per heavy atom. The Labute approximate surface area is 134 Å². The molecule has 2 fully saturated rings. The SMILES string of the molecule is Cl.NC(=O)c1csc(C(=O)N2CCC3(CCNC3)CC2)c1. The molecular formula is C14H20ClN3O2S. The van der Waals surface area contributed by atoms with Crippen molar-refractivity contribution in [2.24, 2.45) is 11.1 Å². The summed E-state index contributed by atoms with van der Waals surface area (Å²) in [6, 6.07) is 1.61. The molecule has 3 N–H and O–H groups in total. The lowest BCUT2D eigenvalue weighted by atomic mass is 9.78. The van der Waals surface area contributed by atoms with Crippen LogP contribution in [-0.4, -0.2) is 42.9 Å². The first-order valence-corrected chi connectivity index (χ1v) is 7.86. The molecule has 2 aliphatic rings. The Balaban J connectivity index is 0.00000161. The van der Waals surface area contributed by atoms with Crippen LogP contribution in [-0.2, 0) is 0 Å². The highest BCUT2D eigenvalue weighted by molar-refractivity contribution is 7.12. The summed E-state index contributed by atoms with van der Waals surface area (Å²) in [7, 11) is 0. The molecule has 7 heteroatoms. The molecule has 0 saturated carbocycles. The third-order valence-electron chi connectivity index (χ3n) is 4.54. The number of rotatable bonds is 2. The second-order valence-electron chi connectivity index (χ2n) is 5.78. The molecule has 0 aliphatic carbocycles. The molecular weight excluding hydrogens is 310 g/mol. The lowest BCUT2D eigenvalue weighted by Crippen LogP contribution is -2.43. The molecule has 0 bridgehead atoms. The number of piperidine rings is 1. The summed E-state index contributed by atoms with van der Waals surface area (Å²) in [6.07, 6.45) is 3.36. The van der Waals surface area contributed by atoms with Crippen molar-refractivity contribution in [2.45, 2.75) is 19.3 Å². The highest BCUT2D eigenvalue weighted by Gasteiger charge is 2.38. The van der Waals surface area contributed by atoms with Crippen LogP contribution in [0.5, 0.6) is 0 Å². The second-order valence-corrected chi connectivity index (χ2v) is 6.69. The van der Waals surface area contributed by atoms with Gasteiger partial charge in [-0.3, -0.25) is 9.59 Å². The van der Waals surface area contributed by atoms with Crippen molar-refractivity contribution in [3.05, 3.63) is 21.9 Å². The van der Waals surface area contributed by atoms with E-state index in [2.05, 4.69) is 5.32 Å². The van der Waals surface area contributed by atoms with Gasteiger partial charge in [0.25, 0.3) is 5.91 Å². The fourth-order valence-corrected chi connectivity index (χ4v) is 4.00. The number of hydrogen-bond acceptors (Lipinski definition) is 4. The van der Waals surface area contributed by atoms with E-state index in [9.17, 15) is 9.59 Å². The van der Waals surface area contributed by atoms with Crippen LogP contribution in [0, 0.1) is 5.41 Å². The van der Waals surface area contributed by atoms with E-state index in [0.717, 1.165) is 39.0 Å². The Bertz CT molecular complexity index is 530. The highest BCUT2D eigenvalue weighted by Crippen LogP contribution is 2.37. The molecule has 1 aromatic rings. The molecule has 3 rings (SSSR count). The van der Waals surface area contributed by atoms with Gasteiger partial charge in [-0.2, -0.15) is 0 Å². The third kappa shape index (κ3) is 3.22. The standard InChI is InChI=1S/C14H19N3O2S.ClH/c15-12(18)10-7-11(20-8-10)13(19)17-5-2-14(3-6-17)1-4-16-9-14;/h7-8,16H,1-6,9H2,(H2,15,18);1H. The largest absolute Gasteiger partial charge is 0.366 e. The van der Waals surface area contributed by atoms with Crippen LogP contribution in [0.3, 0.4) is 0 Å². The fourth-order valence-electron chi connectivity index (χ4n) is 3.14. The topological polar surface area (TPSA) is 75.4 Å². The molecule has 2 aliphatic heterocycles. The van der Waals surface area contributed by atoms with Crippen molar-refractivity contribution in [3.8, 4) is 0 Å². The Hall–Kier alpha value is -1.11. The van der Waals surface area contributed by atoms with Crippen LogP contribution < -0.4 is 11.1 Å². The molecule has 0 unspecified atom stereocenters. The van der Waals surface area contributed by atoms with Gasteiger partial charge in [-0.1, -0.05) is 0 Å². The number of halogens is 1. The summed E-state index contributed by atoms with van der Waals surface area (Å²) >= 11 is 1.30. The lowest BCUT2D eigenvalue weighted by Gasteiger charge is -2.38. The summed E-state index contributed by atoms with van der Waals surface area (Å²) in [5, 5.41) is 5.08. The number of primary amides is 1. The van der Waals surface area contributed by atoms with Crippen molar-refractivity contribution < 1.29 is 9.59 Å². The molecule has 0 atom stereocenters. The number of thiophene rings is 1. The van der Waals surface area contributed by atoms with E-state index in [1.165, 1.54) is 17.8 Å². The van der Waals surface area contributed by atoms with E-state index in [1.54, 1.807) is 11.4 Å². The van der Waals surface area contributed by atoms with E-state index in [4.69, 9.17) is 5.73 Å². The van der Waals surface area contributed by atoms with Crippen LogP contribution in [0.2, 0.25) is 0 Å². The van der Waals surface area contributed by atoms with Crippen LogP contribution in [0.15, 0.2) is 11.4 Å². The van der Waals surface area contributed by atoms with E-state index in [0.29, 0.717) is 15.9 Å². The predicted molar refractivity (Wildman–Crippen MR) is 85.1 cm³/mol. The number of amides is 2. The van der Waals surface area contributed by atoms with Gasteiger partial charge in [0.2, 0.25) is 5.91 Å². The van der Waals surface area contributed by atoms with Crippen molar-refractivity contribution in [1.82, 2.24) is 10.2 Å². The number of carbonyl (C=O) groups excluding carboxylic acids is 2.